The monoisotopic (exact) mass is 560 g/mol. The molecule has 0 aliphatic carbocycles. The van der Waals surface area contributed by atoms with Crippen LogP contribution in [-0.4, -0.2) is 46.0 Å². The maximum absolute atomic E-state index is 12.6. The molecule has 0 saturated heterocycles. The summed E-state index contributed by atoms with van der Waals surface area (Å²) in [5.74, 6) is 1.02. The van der Waals surface area contributed by atoms with Crippen LogP contribution in [0.4, 0.5) is 0 Å². The van der Waals surface area contributed by atoms with Gasteiger partial charge >= 0.3 is 5.97 Å². The third-order valence-corrected chi connectivity index (χ3v) is 5.62. The number of hydrazone groups is 1. The summed E-state index contributed by atoms with van der Waals surface area (Å²) in [5.41, 5.74) is 3.38. The molecule has 3 aromatic carbocycles. The molecule has 0 unspecified atom stereocenters. The molecule has 3 rings (SSSR count). The Morgan fingerprint density at radius 3 is 2.18 bits per heavy atom. The predicted molar refractivity (Wildman–Crippen MR) is 144 cm³/mol. The first-order valence-corrected chi connectivity index (χ1v) is 12.1. The highest BCUT2D eigenvalue weighted by Crippen LogP contribution is 2.38. The summed E-state index contributed by atoms with van der Waals surface area (Å²) in [5, 5.41) is 4.88. The summed E-state index contributed by atoms with van der Waals surface area (Å²) < 4.78 is 26.8. The van der Waals surface area contributed by atoms with Gasteiger partial charge in [-0.05, 0) is 66.6 Å². The van der Waals surface area contributed by atoms with Crippen molar-refractivity contribution in [2.24, 2.45) is 5.10 Å². The molecule has 0 aliphatic heterocycles. The molecular weight excluding hydrogens is 535 g/mol. The van der Waals surface area contributed by atoms with Gasteiger partial charge in [0.15, 0.2) is 11.5 Å². The summed E-state index contributed by atoms with van der Waals surface area (Å²) in [7, 11) is 4.40. The SMILES string of the molecule is COc1cc(C(=O)Oc2ccc(C=NNC(=O)CCCOc3ccc(Cl)cc3Cl)cc2)cc(OC)c1OC. The second-order valence-corrected chi connectivity index (χ2v) is 8.54. The van der Waals surface area contributed by atoms with E-state index in [2.05, 4.69) is 10.5 Å². The van der Waals surface area contributed by atoms with Crippen LogP contribution in [0.1, 0.15) is 28.8 Å². The average molecular weight is 561 g/mol. The fraction of sp³-hybridized carbons (Fsp3) is 0.222. The standard InChI is InChI=1S/C27H26Cl2N2O7/c1-34-23-13-18(14-24(35-2)26(23)36-3)27(33)38-20-9-6-17(7-10-20)16-30-31-25(32)5-4-12-37-22-11-8-19(28)15-21(22)29/h6-11,13-16H,4-5,12H2,1-3H3,(H,31,32). The number of rotatable bonds is 12. The van der Waals surface area contributed by atoms with Crippen molar-refractivity contribution >= 4 is 41.3 Å². The Bertz CT molecular complexity index is 1270. The van der Waals surface area contributed by atoms with Crippen LogP contribution >= 0.6 is 23.2 Å². The molecule has 1 amide bonds. The minimum absolute atomic E-state index is 0.221. The van der Waals surface area contributed by atoms with Gasteiger partial charge in [-0.3, -0.25) is 4.79 Å². The van der Waals surface area contributed by atoms with E-state index in [9.17, 15) is 9.59 Å². The molecule has 0 aliphatic rings. The van der Waals surface area contributed by atoms with Gasteiger partial charge in [-0.1, -0.05) is 23.2 Å². The summed E-state index contributed by atoms with van der Waals surface area (Å²) in [6, 6.07) is 14.6. The first kappa shape index (κ1) is 28.6. The summed E-state index contributed by atoms with van der Waals surface area (Å²) >= 11 is 11.9. The van der Waals surface area contributed by atoms with Gasteiger partial charge in [0.1, 0.15) is 11.5 Å². The summed E-state index contributed by atoms with van der Waals surface area (Å²) in [6.07, 6.45) is 2.18. The van der Waals surface area contributed by atoms with Crippen molar-refractivity contribution in [3.05, 3.63) is 75.8 Å². The minimum Gasteiger partial charge on any atom is -0.493 e. The number of hydrogen-bond acceptors (Lipinski definition) is 8. The Morgan fingerprint density at radius 2 is 1.58 bits per heavy atom. The minimum atomic E-state index is -0.597. The van der Waals surface area contributed by atoms with Crippen LogP contribution < -0.4 is 29.1 Å². The molecule has 0 fully saturated rings. The first-order chi connectivity index (χ1) is 18.3. The zero-order valence-electron chi connectivity index (χ0n) is 21.0. The Kier molecular flexibility index (Phi) is 10.6. The fourth-order valence-electron chi connectivity index (χ4n) is 3.23. The number of hydrogen-bond donors (Lipinski definition) is 1. The molecule has 0 heterocycles. The third-order valence-electron chi connectivity index (χ3n) is 5.09. The molecule has 9 nitrogen and oxygen atoms in total. The number of carbonyl (C=O) groups excluding carboxylic acids is 2. The quantitative estimate of drug-likeness (QED) is 0.102. The van der Waals surface area contributed by atoms with Gasteiger partial charge in [0, 0.05) is 11.4 Å². The van der Waals surface area contributed by atoms with Crippen molar-refractivity contribution in [2.45, 2.75) is 12.8 Å². The van der Waals surface area contributed by atoms with Gasteiger partial charge in [-0.25, -0.2) is 10.2 Å². The van der Waals surface area contributed by atoms with E-state index in [0.29, 0.717) is 57.4 Å². The maximum atomic E-state index is 12.6. The number of ether oxygens (including phenoxy) is 5. The molecule has 38 heavy (non-hydrogen) atoms. The van der Waals surface area contributed by atoms with Crippen molar-refractivity contribution in [1.82, 2.24) is 5.43 Å². The molecule has 0 bridgehead atoms. The number of carbonyl (C=O) groups is 2. The number of nitrogens with one attached hydrogen (secondary N) is 1. The van der Waals surface area contributed by atoms with Crippen LogP contribution in [0.15, 0.2) is 59.7 Å². The molecule has 0 saturated carbocycles. The lowest BCUT2D eigenvalue weighted by Crippen LogP contribution is -2.18. The van der Waals surface area contributed by atoms with Gasteiger partial charge in [0.25, 0.3) is 0 Å². The number of methoxy groups -OCH3 is 3. The second-order valence-electron chi connectivity index (χ2n) is 7.69. The number of nitrogens with zero attached hydrogens (tertiary/aromatic N) is 1. The smallest absolute Gasteiger partial charge is 0.343 e. The van der Waals surface area contributed by atoms with Crippen LogP contribution in [-0.2, 0) is 4.79 Å². The van der Waals surface area contributed by atoms with Crippen molar-refractivity contribution in [3.63, 3.8) is 0 Å². The van der Waals surface area contributed by atoms with Gasteiger partial charge in [0.05, 0.1) is 44.7 Å². The van der Waals surface area contributed by atoms with Crippen LogP contribution in [0.25, 0.3) is 0 Å². The largest absolute Gasteiger partial charge is 0.493 e. The molecule has 0 spiro atoms. The fourth-order valence-corrected chi connectivity index (χ4v) is 3.69. The first-order valence-electron chi connectivity index (χ1n) is 11.4. The number of esters is 1. The molecule has 11 heteroatoms. The highest BCUT2D eigenvalue weighted by molar-refractivity contribution is 6.35. The molecular formula is C27H26Cl2N2O7. The average Bonchev–Trinajstić information content (AvgIpc) is 2.92. The number of amides is 1. The van der Waals surface area contributed by atoms with E-state index in [1.807, 2.05) is 0 Å². The Balaban J connectivity index is 1.46. The van der Waals surface area contributed by atoms with Crippen LogP contribution in [0.5, 0.6) is 28.7 Å². The molecule has 0 aromatic heterocycles. The third kappa shape index (κ3) is 8.03. The Labute approximate surface area is 230 Å². The number of halogens is 2. The lowest BCUT2D eigenvalue weighted by Gasteiger charge is -2.13. The van der Waals surface area contributed by atoms with Crippen LogP contribution in [0.3, 0.4) is 0 Å². The molecule has 1 N–H and O–H groups in total. The molecule has 200 valence electrons. The topological polar surface area (TPSA) is 105 Å². The highest BCUT2D eigenvalue weighted by atomic mass is 35.5. The van der Waals surface area contributed by atoms with Gasteiger partial charge in [-0.2, -0.15) is 5.10 Å². The molecule has 3 aromatic rings. The van der Waals surface area contributed by atoms with E-state index in [0.717, 1.165) is 0 Å². The number of benzene rings is 3. The van der Waals surface area contributed by atoms with E-state index < -0.39 is 5.97 Å². The highest BCUT2D eigenvalue weighted by Gasteiger charge is 2.18. The Hall–Kier alpha value is -3.95. The van der Waals surface area contributed by atoms with E-state index in [1.165, 1.54) is 39.7 Å². The van der Waals surface area contributed by atoms with Crippen molar-refractivity contribution in [1.29, 1.82) is 0 Å². The summed E-state index contributed by atoms with van der Waals surface area (Å²) in [4.78, 5) is 24.6. The van der Waals surface area contributed by atoms with Crippen LogP contribution in [0.2, 0.25) is 10.0 Å². The van der Waals surface area contributed by atoms with E-state index in [1.54, 1.807) is 42.5 Å². The van der Waals surface area contributed by atoms with E-state index >= 15 is 0 Å². The zero-order valence-corrected chi connectivity index (χ0v) is 22.5. The van der Waals surface area contributed by atoms with Crippen LogP contribution in [0, 0.1) is 0 Å². The normalized spacial score (nSPS) is 10.7. The lowest BCUT2D eigenvalue weighted by molar-refractivity contribution is -0.121. The van der Waals surface area contributed by atoms with E-state index in [-0.39, 0.29) is 17.9 Å². The predicted octanol–water partition coefficient (Wildman–Crippen LogP) is 5.55. The van der Waals surface area contributed by atoms with E-state index in [4.69, 9.17) is 46.9 Å². The van der Waals surface area contributed by atoms with Gasteiger partial charge in [-0.15, -0.1) is 0 Å². The summed E-state index contributed by atoms with van der Waals surface area (Å²) in [6.45, 7) is 0.314. The zero-order chi connectivity index (χ0) is 27.5. The van der Waals surface area contributed by atoms with Gasteiger partial charge in [0.2, 0.25) is 11.7 Å². The van der Waals surface area contributed by atoms with Crippen molar-refractivity contribution in [3.8, 4) is 28.7 Å². The van der Waals surface area contributed by atoms with Crippen molar-refractivity contribution in [2.75, 3.05) is 27.9 Å². The maximum Gasteiger partial charge on any atom is 0.343 e. The molecule has 0 atom stereocenters. The lowest BCUT2D eigenvalue weighted by atomic mass is 10.2. The van der Waals surface area contributed by atoms with Crippen molar-refractivity contribution < 1.29 is 33.3 Å². The molecule has 0 radical (unpaired) electrons. The second kappa shape index (κ2) is 14.1. The van der Waals surface area contributed by atoms with Gasteiger partial charge < -0.3 is 23.7 Å². The Morgan fingerprint density at radius 1 is 0.895 bits per heavy atom.